The molecule has 2 unspecified atom stereocenters. The van der Waals surface area contributed by atoms with Crippen molar-refractivity contribution in [2.45, 2.75) is 57.5 Å². The van der Waals surface area contributed by atoms with E-state index in [1.165, 1.54) is 58.2 Å². The van der Waals surface area contributed by atoms with Crippen LogP contribution in [0.2, 0.25) is 0 Å². The number of nitrogens with one attached hydrogen (secondary N) is 1. The number of hydrogen-bond acceptors (Lipinski definition) is 2. The number of fused-ring (bicyclic) bond motifs is 1. The standard InChI is InChI=1S/C12H24N2/c1-2-3-8-13-11-7-10-14-9-5-4-6-12(11)14/h11-13H,2-10H2,1H3. The van der Waals surface area contributed by atoms with Gasteiger partial charge in [-0.3, -0.25) is 4.90 Å². The molecule has 2 heteroatoms. The molecule has 2 fully saturated rings. The van der Waals surface area contributed by atoms with E-state index in [1.54, 1.807) is 0 Å². The number of rotatable bonds is 4. The molecule has 0 aliphatic carbocycles. The first-order chi connectivity index (χ1) is 6.92. The lowest BCUT2D eigenvalue weighted by atomic mass is 9.99. The van der Waals surface area contributed by atoms with Gasteiger partial charge in [-0.25, -0.2) is 0 Å². The largest absolute Gasteiger partial charge is 0.312 e. The van der Waals surface area contributed by atoms with E-state index in [-0.39, 0.29) is 0 Å². The van der Waals surface area contributed by atoms with Crippen LogP contribution >= 0.6 is 0 Å². The Morgan fingerprint density at radius 3 is 3.00 bits per heavy atom. The summed E-state index contributed by atoms with van der Waals surface area (Å²) in [5, 5.41) is 3.74. The Morgan fingerprint density at radius 1 is 1.21 bits per heavy atom. The van der Waals surface area contributed by atoms with Gasteiger partial charge >= 0.3 is 0 Å². The van der Waals surface area contributed by atoms with Crippen LogP contribution in [0.1, 0.15) is 45.4 Å². The Balaban J connectivity index is 1.76. The molecule has 2 heterocycles. The summed E-state index contributed by atoms with van der Waals surface area (Å²) in [6.07, 6.45) is 8.35. The first-order valence-electron chi connectivity index (χ1n) is 6.39. The van der Waals surface area contributed by atoms with Crippen molar-refractivity contribution in [1.29, 1.82) is 0 Å². The van der Waals surface area contributed by atoms with E-state index in [0.717, 1.165) is 12.1 Å². The summed E-state index contributed by atoms with van der Waals surface area (Å²) in [4.78, 5) is 2.70. The van der Waals surface area contributed by atoms with Gasteiger partial charge in [0.25, 0.3) is 0 Å². The van der Waals surface area contributed by atoms with E-state index in [0.29, 0.717) is 0 Å². The van der Waals surface area contributed by atoms with E-state index < -0.39 is 0 Å². The third kappa shape index (κ3) is 2.29. The Bertz CT molecular complexity index is 170. The lowest BCUT2D eigenvalue weighted by Crippen LogP contribution is -2.45. The monoisotopic (exact) mass is 196 g/mol. The number of unbranched alkanes of at least 4 members (excludes halogenated alkanes) is 1. The first-order valence-corrected chi connectivity index (χ1v) is 6.39. The molecule has 2 nitrogen and oxygen atoms in total. The van der Waals surface area contributed by atoms with Gasteiger partial charge in [-0.1, -0.05) is 19.8 Å². The topological polar surface area (TPSA) is 15.3 Å². The molecule has 14 heavy (non-hydrogen) atoms. The van der Waals surface area contributed by atoms with Crippen molar-refractivity contribution in [3.05, 3.63) is 0 Å². The van der Waals surface area contributed by atoms with Crippen molar-refractivity contribution in [2.24, 2.45) is 0 Å². The van der Waals surface area contributed by atoms with E-state index >= 15 is 0 Å². The second-order valence-electron chi connectivity index (χ2n) is 4.80. The minimum Gasteiger partial charge on any atom is -0.312 e. The highest BCUT2D eigenvalue weighted by atomic mass is 15.2. The molecule has 2 atom stereocenters. The van der Waals surface area contributed by atoms with Crippen LogP contribution < -0.4 is 5.32 Å². The maximum atomic E-state index is 3.74. The van der Waals surface area contributed by atoms with Crippen LogP contribution in [-0.2, 0) is 0 Å². The summed E-state index contributed by atoms with van der Waals surface area (Å²) < 4.78 is 0. The van der Waals surface area contributed by atoms with Gasteiger partial charge < -0.3 is 5.32 Å². The molecule has 0 bridgehead atoms. The van der Waals surface area contributed by atoms with Gasteiger partial charge in [-0.2, -0.15) is 0 Å². The Hall–Kier alpha value is -0.0800. The van der Waals surface area contributed by atoms with Crippen LogP contribution in [0.4, 0.5) is 0 Å². The normalized spacial score (nSPS) is 33.2. The number of nitrogens with zero attached hydrogens (tertiary/aromatic N) is 1. The minimum atomic E-state index is 0.807. The summed E-state index contributed by atoms with van der Waals surface area (Å²) in [5.41, 5.74) is 0. The van der Waals surface area contributed by atoms with Gasteiger partial charge in [0.1, 0.15) is 0 Å². The predicted octanol–water partition coefficient (Wildman–Crippen LogP) is 2.00. The molecule has 2 saturated heterocycles. The molecule has 0 radical (unpaired) electrons. The highest BCUT2D eigenvalue weighted by molar-refractivity contribution is 4.93. The Kier molecular flexibility index (Phi) is 3.82. The Labute approximate surface area is 88.1 Å². The van der Waals surface area contributed by atoms with Gasteiger partial charge in [0.2, 0.25) is 0 Å². The molecular weight excluding hydrogens is 172 g/mol. The third-order valence-corrected chi connectivity index (χ3v) is 3.79. The minimum absolute atomic E-state index is 0.807. The summed E-state index contributed by atoms with van der Waals surface area (Å²) in [6, 6.07) is 1.68. The molecular formula is C12H24N2. The van der Waals surface area contributed by atoms with E-state index in [1.807, 2.05) is 0 Å². The van der Waals surface area contributed by atoms with Gasteiger partial charge in [-0.15, -0.1) is 0 Å². The quantitative estimate of drug-likeness (QED) is 0.692. The maximum absolute atomic E-state index is 3.74. The van der Waals surface area contributed by atoms with Crippen molar-refractivity contribution in [3.8, 4) is 0 Å². The maximum Gasteiger partial charge on any atom is 0.0249 e. The van der Waals surface area contributed by atoms with Crippen LogP contribution in [0, 0.1) is 0 Å². The fourth-order valence-corrected chi connectivity index (χ4v) is 2.95. The average Bonchev–Trinajstić information content (AvgIpc) is 2.63. The van der Waals surface area contributed by atoms with Crippen LogP contribution in [0.25, 0.3) is 0 Å². The lowest BCUT2D eigenvalue weighted by Gasteiger charge is -2.32. The number of hydrogen-bond donors (Lipinski definition) is 1. The molecule has 0 amide bonds. The van der Waals surface area contributed by atoms with Gasteiger partial charge in [0, 0.05) is 18.6 Å². The lowest BCUT2D eigenvalue weighted by molar-refractivity contribution is 0.180. The van der Waals surface area contributed by atoms with Crippen LogP contribution in [0.5, 0.6) is 0 Å². The summed E-state index contributed by atoms with van der Waals surface area (Å²) >= 11 is 0. The number of piperidine rings is 1. The summed E-state index contributed by atoms with van der Waals surface area (Å²) in [5.74, 6) is 0. The Morgan fingerprint density at radius 2 is 2.14 bits per heavy atom. The highest BCUT2D eigenvalue weighted by Crippen LogP contribution is 2.26. The van der Waals surface area contributed by atoms with Crippen LogP contribution in [0.15, 0.2) is 0 Å². The summed E-state index contributed by atoms with van der Waals surface area (Å²) in [6.45, 7) is 6.19. The van der Waals surface area contributed by atoms with Crippen LogP contribution in [-0.4, -0.2) is 36.6 Å². The molecule has 0 aromatic rings. The fourth-order valence-electron chi connectivity index (χ4n) is 2.95. The van der Waals surface area contributed by atoms with Crippen molar-refractivity contribution < 1.29 is 0 Å². The van der Waals surface area contributed by atoms with E-state index in [9.17, 15) is 0 Å². The van der Waals surface area contributed by atoms with Crippen LogP contribution in [0.3, 0.4) is 0 Å². The molecule has 2 aliphatic rings. The molecule has 0 aromatic heterocycles. The third-order valence-electron chi connectivity index (χ3n) is 3.79. The molecule has 1 N–H and O–H groups in total. The molecule has 2 aliphatic heterocycles. The smallest absolute Gasteiger partial charge is 0.0249 e. The molecule has 82 valence electrons. The zero-order valence-corrected chi connectivity index (χ0v) is 9.47. The molecule has 0 spiro atoms. The zero-order valence-electron chi connectivity index (χ0n) is 9.47. The molecule has 0 aromatic carbocycles. The SMILES string of the molecule is CCCCNC1CCN2CCCCC12. The van der Waals surface area contributed by atoms with E-state index in [4.69, 9.17) is 0 Å². The van der Waals surface area contributed by atoms with E-state index in [2.05, 4.69) is 17.1 Å². The fraction of sp³-hybridized carbons (Fsp3) is 1.00. The van der Waals surface area contributed by atoms with Gasteiger partial charge in [0.15, 0.2) is 0 Å². The zero-order chi connectivity index (χ0) is 9.80. The predicted molar refractivity (Wildman–Crippen MR) is 60.5 cm³/mol. The van der Waals surface area contributed by atoms with Crippen molar-refractivity contribution >= 4 is 0 Å². The average molecular weight is 196 g/mol. The van der Waals surface area contributed by atoms with Crippen molar-refractivity contribution in [3.63, 3.8) is 0 Å². The van der Waals surface area contributed by atoms with Crippen molar-refractivity contribution in [1.82, 2.24) is 10.2 Å². The second-order valence-corrected chi connectivity index (χ2v) is 4.80. The second kappa shape index (κ2) is 5.13. The highest BCUT2D eigenvalue weighted by Gasteiger charge is 2.34. The first kappa shape index (κ1) is 10.4. The van der Waals surface area contributed by atoms with Gasteiger partial charge in [0.05, 0.1) is 0 Å². The molecule has 2 rings (SSSR count). The molecule has 0 saturated carbocycles. The van der Waals surface area contributed by atoms with Crippen molar-refractivity contribution in [2.75, 3.05) is 19.6 Å². The summed E-state index contributed by atoms with van der Waals surface area (Å²) in [7, 11) is 0. The van der Waals surface area contributed by atoms with Gasteiger partial charge in [-0.05, 0) is 38.8 Å².